The van der Waals surface area contributed by atoms with Crippen LogP contribution in [0.3, 0.4) is 0 Å². The number of hydrogen-bond acceptors (Lipinski definition) is 4. The molecule has 0 saturated heterocycles. The molecule has 102 valence electrons. The summed E-state index contributed by atoms with van der Waals surface area (Å²) in [6.07, 6.45) is 2.47. The Bertz CT molecular complexity index is 677. The van der Waals surface area contributed by atoms with Crippen LogP contribution in [0.2, 0.25) is 0 Å². The molecule has 0 aliphatic heterocycles. The van der Waals surface area contributed by atoms with Crippen LogP contribution < -0.4 is 5.32 Å². The highest BCUT2D eigenvalue weighted by molar-refractivity contribution is 7.13. The van der Waals surface area contributed by atoms with E-state index in [0.717, 1.165) is 11.8 Å². The van der Waals surface area contributed by atoms with Gasteiger partial charge in [0.2, 0.25) is 0 Å². The topological polar surface area (TPSA) is 79.3 Å². The maximum absolute atomic E-state index is 12.0. The van der Waals surface area contributed by atoms with Crippen molar-refractivity contribution < 1.29 is 14.7 Å². The van der Waals surface area contributed by atoms with Gasteiger partial charge in [0.05, 0.1) is 5.69 Å². The molecule has 20 heavy (non-hydrogen) atoms. The lowest BCUT2D eigenvalue weighted by Gasteiger charge is -2.02. The monoisotopic (exact) mass is 288 g/mol. The number of thiazole rings is 1. The molecule has 1 amide bonds. The smallest absolute Gasteiger partial charge is 0.328 e. The number of rotatable bonds is 4. The van der Waals surface area contributed by atoms with E-state index in [1.54, 1.807) is 24.3 Å². The first-order valence-electron chi connectivity index (χ1n) is 5.79. The van der Waals surface area contributed by atoms with Crippen molar-refractivity contribution in [2.24, 2.45) is 0 Å². The molecule has 0 unspecified atom stereocenters. The number of carboxylic acids is 1. The Morgan fingerprint density at radius 3 is 2.85 bits per heavy atom. The van der Waals surface area contributed by atoms with Crippen LogP contribution in [0, 0.1) is 6.92 Å². The maximum atomic E-state index is 12.0. The second-order valence-electron chi connectivity index (χ2n) is 4.05. The summed E-state index contributed by atoms with van der Waals surface area (Å²) in [7, 11) is 0. The predicted molar refractivity (Wildman–Crippen MR) is 77.9 cm³/mol. The van der Waals surface area contributed by atoms with Gasteiger partial charge in [0.1, 0.15) is 0 Å². The van der Waals surface area contributed by atoms with Crippen LogP contribution in [0.5, 0.6) is 0 Å². The first-order chi connectivity index (χ1) is 9.54. The summed E-state index contributed by atoms with van der Waals surface area (Å²) < 4.78 is 0. The molecule has 0 fully saturated rings. The largest absolute Gasteiger partial charge is 0.478 e. The van der Waals surface area contributed by atoms with Crippen molar-refractivity contribution in [2.75, 3.05) is 5.32 Å². The standard InChI is InChI=1S/C14H12N2O3S/c1-9-8-20-14(15-9)16-13(19)11-4-2-3-10(7-11)5-6-12(17)18/h2-8H,1H3,(H,17,18)(H,15,16,19). The fraction of sp³-hybridized carbons (Fsp3) is 0.0714. The zero-order valence-corrected chi connectivity index (χ0v) is 11.5. The Kier molecular flexibility index (Phi) is 4.27. The van der Waals surface area contributed by atoms with E-state index in [9.17, 15) is 9.59 Å². The SMILES string of the molecule is Cc1csc(NC(=O)c2cccc(C=CC(=O)O)c2)n1. The summed E-state index contributed by atoms with van der Waals surface area (Å²) in [6, 6.07) is 6.70. The molecule has 0 spiro atoms. The van der Waals surface area contributed by atoms with Gasteiger partial charge in [-0.3, -0.25) is 10.1 Å². The van der Waals surface area contributed by atoms with Crippen molar-refractivity contribution in [2.45, 2.75) is 6.92 Å². The molecule has 1 aromatic carbocycles. The van der Waals surface area contributed by atoms with E-state index in [4.69, 9.17) is 5.11 Å². The highest BCUT2D eigenvalue weighted by Gasteiger charge is 2.08. The predicted octanol–water partition coefficient (Wildman–Crippen LogP) is 2.80. The van der Waals surface area contributed by atoms with Gasteiger partial charge in [0.15, 0.2) is 5.13 Å². The van der Waals surface area contributed by atoms with Crippen LogP contribution in [0.4, 0.5) is 5.13 Å². The van der Waals surface area contributed by atoms with Gasteiger partial charge in [-0.25, -0.2) is 9.78 Å². The second kappa shape index (κ2) is 6.12. The number of hydrogen-bond donors (Lipinski definition) is 2. The number of aromatic nitrogens is 1. The van der Waals surface area contributed by atoms with Gasteiger partial charge in [0, 0.05) is 17.0 Å². The lowest BCUT2D eigenvalue weighted by molar-refractivity contribution is -0.131. The lowest BCUT2D eigenvalue weighted by Crippen LogP contribution is -2.11. The van der Waals surface area contributed by atoms with E-state index in [0.29, 0.717) is 16.3 Å². The molecule has 0 atom stereocenters. The third-order valence-electron chi connectivity index (χ3n) is 2.41. The molecule has 0 radical (unpaired) electrons. The van der Waals surface area contributed by atoms with Crippen LogP contribution in [-0.4, -0.2) is 22.0 Å². The molecule has 2 N–H and O–H groups in total. The number of nitrogens with zero attached hydrogens (tertiary/aromatic N) is 1. The maximum Gasteiger partial charge on any atom is 0.328 e. The lowest BCUT2D eigenvalue weighted by atomic mass is 10.1. The van der Waals surface area contributed by atoms with Crippen LogP contribution in [0.25, 0.3) is 6.08 Å². The number of aryl methyl sites for hydroxylation is 1. The highest BCUT2D eigenvalue weighted by atomic mass is 32.1. The first-order valence-corrected chi connectivity index (χ1v) is 6.67. The summed E-state index contributed by atoms with van der Waals surface area (Å²) in [5, 5.41) is 13.7. The van der Waals surface area contributed by atoms with E-state index in [1.165, 1.54) is 17.4 Å². The third kappa shape index (κ3) is 3.76. The molecule has 0 saturated carbocycles. The molecule has 0 bridgehead atoms. The zero-order chi connectivity index (χ0) is 14.5. The molecule has 5 nitrogen and oxygen atoms in total. The number of aliphatic carboxylic acids is 1. The fourth-order valence-electron chi connectivity index (χ4n) is 1.53. The molecule has 2 rings (SSSR count). The Morgan fingerprint density at radius 2 is 2.20 bits per heavy atom. The van der Waals surface area contributed by atoms with Gasteiger partial charge in [0.25, 0.3) is 5.91 Å². The van der Waals surface area contributed by atoms with Gasteiger partial charge in [-0.2, -0.15) is 0 Å². The summed E-state index contributed by atoms with van der Waals surface area (Å²) in [5.74, 6) is -1.30. The van der Waals surface area contributed by atoms with Crippen molar-refractivity contribution in [1.82, 2.24) is 4.98 Å². The average molecular weight is 288 g/mol. The highest BCUT2D eigenvalue weighted by Crippen LogP contribution is 2.16. The minimum atomic E-state index is -1.03. The van der Waals surface area contributed by atoms with E-state index < -0.39 is 5.97 Å². The number of carbonyl (C=O) groups is 2. The van der Waals surface area contributed by atoms with E-state index in [2.05, 4.69) is 10.3 Å². The Morgan fingerprint density at radius 1 is 1.40 bits per heavy atom. The van der Waals surface area contributed by atoms with Gasteiger partial charge in [-0.15, -0.1) is 11.3 Å². The van der Waals surface area contributed by atoms with Gasteiger partial charge in [-0.1, -0.05) is 12.1 Å². The van der Waals surface area contributed by atoms with E-state index >= 15 is 0 Å². The average Bonchev–Trinajstić information content (AvgIpc) is 2.82. The van der Waals surface area contributed by atoms with Crippen molar-refractivity contribution in [3.8, 4) is 0 Å². The van der Waals surface area contributed by atoms with Gasteiger partial charge < -0.3 is 5.11 Å². The molecule has 6 heteroatoms. The number of carbonyl (C=O) groups excluding carboxylic acids is 1. The summed E-state index contributed by atoms with van der Waals surface area (Å²) in [6.45, 7) is 1.85. The minimum Gasteiger partial charge on any atom is -0.478 e. The number of benzene rings is 1. The zero-order valence-electron chi connectivity index (χ0n) is 10.7. The van der Waals surface area contributed by atoms with Crippen LogP contribution in [0.15, 0.2) is 35.7 Å². The van der Waals surface area contributed by atoms with Crippen molar-refractivity contribution in [3.05, 3.63) is 52.5 Å². The molecule has 0 aliphatic rings. The summed E-state index contributed by atoms with van der Waals surface area (Å²) in [5.41, 5.74) is 1.95. The molecule has 0 aliphatic carbocycles. The summed E-state index contributed by atoms with van der Waals surface area (Å²) >= 11 is 1.36. The number of carboxylic acid groups (broad SMARTS) is 1. The molecular formula is C14H12N2O3S. The van der Waals surface area contributed by atoms with Crippen LogP contribution in [-0.2, 0) is 4.79 Å². The summed E-state index contributed by atoms with van der Waals surface area (Å²) in [4.78, 5) is 26.6. The number of amides is 1. The minimum absolute atomic E-state index is 0.273. The Balaban J connectivity index is 2.14. The first kappa shape index (κ1) is 14.0. The van der Waals surface area contributed by atoms with Crippen molar-refractivity contribution in [1.29, 1.82) is 0 Å². The van der Waals surface area contributed by atoms with E-state index in [-0.39, 0.29) is 5.91 Å². The van der Waals surface area contributed by atoms with Gasteiger partial charge >= 0.3 is 5.97 Å². The Labute approximate surface area is 119 Å². The van der Waals surface area contributed by atoms with Gasteiger partial charge in [-0.05, 0) is 30.7 Å². The molecular weight excluding hydrogens is 276 g/mol. The Hall–Kier alpha value is -2.47. The number of nitrogens with one attached hydrogen (secondary N) is 1. The normalized spacial score (nSPS) is 10.7. The van der Waals surface area contributed by atoms with Crippen molar-refractivity contribution in [3.63, 3.8) is 0 Å². The molecule has 1 aromatic heterocycles. The third-order valence-corrected chi connectivity index (χ3v) is 3.28. The second-order valence-corrected chi connectivity index (χ2v) is 4.90. The quantitative estimate of drug-likeness (QED) is 0.848. The molecule has 1 heterocycles. The van der Waals surface area contributed by atoms with Crippen LogP contribution >= 0.6 is 11.3 Å². The fourth-order valence-corrected chi connectivity index (χ4v) is 2.21. The number of anilines is 1. The van der Waals surface area contributed by atoms with E-state index in [1.807, 2.05) is 12.3 Å². The van der Waals surface area contributed by atoms with Crippen LogP contribution in [0.1, 0.15) is 21.6 Å². The molecule has 2 aromatic rings. The van der Waals surface area contributed by atoms with Crippen molar-refractivity contribution >= 4 is 34.4 Å².